The Morgan fingerprint density at radius 3 is 1.43 bits per heavy atom. The second-order valence-corrected chi connectivity index (χ2v) is 18.7. The molecule has 2 aliphatic rings. The number of unbranched alkanes of at least 4 members (excludes halogenated alkanes) is 17. The highest BCUT2D eigenvalue weighted by atomic mass is 16.7. The molecule has 0 aromatic rings. The van der Waals surface area contributed by atoms with Gasteiger partial charge in [-0.25, -0.2) is 0 Å². The maximum Gasteiger partial charge on any atom is 0.306 e. The van der Waals surface area contributed by atoms with E-state index in [0.29, 0.717) is 12.8 Å². The van der Waals surface area contributed by atoms with Crippen LogP contribution < -0.4 is 0 Å². The van der Waals surface area contributed by atoms with Crippen molar-refractivity contribution in [3.63, 3.8) is 0 Å². The SMILES string of the molecule is CCC/C=C/C/C=C/C/C=C/C/C=C/CCCCCC(=O)O[C@@H](COC(=O)CCCCCCCCC/C=C/CCCCCCCC)CO[C@@H]1O[C@H](CO[C@@H]2O[C@H](CO)[C@H](O)C(O)C2O)[C@H](O)C(O)C1O. The smallest absolute Gasteiger partial charge is 0.306 e. The number of carbonyl (C=O) groups is 2. The van der Waals surface area contributed by atoms with Crippen molar-refractivity contribution < 1.29 is 73.8 Å². The van der Waals surface area contributed by atoms with Crippen molar-refractivity contribution in [2.24, 2.45) is 0 Å². The molecular formula is C55H94O15. The Labute approximate surface area is 420 Å². The van der Waals surface area contributed by atoms with Gasteiger partial charge >= 0.3 is 11.9 Å². The molecule has 4 unspecified atom stereocenters. The molecule has 404 valence electrons. The van der Waals surface area contributed by atoms with Gasteiger partial charge in [-0.2, -0.15) is 0 Å². The average Bonchev–Trinajstić information content (AvgIpc) is 3.35. The normalized spacial score (nSPS) is 25.8. The van der Waals surface area contributed by atoms with Gasteiger partial charge in [-0.05, 0) is 77.0 Å². The lowest BCUT2D eigenvalue weighted by atomic mass is 9.98. The summed E-state index contributed by atoms with van der Waals surface area (Å²) in [6, 6.07) is 0. The summed E-state index contributed by atoms with van der Waals surface area (Å²) in [5.74, 6) is -0.968. The van der Waals surface area contributed by atoms with Crippen molar-refractivity contribution in [2.45, 2.75) is 248 Å². The molecule has 15 heteroatoms. The molecule has 11 atom stereocenters. The Bertz CT molecular complexity index is 1450. The minimum atomic E-state index is -1.77. The molecule has 0 spiro atoms. The van der Waals surface area contributed by atoms with E-state index in [1.807, 2.05) is 0 Å². The van der Waals surface area contributed by atoms with Crippen molar-refractivity contribution in [1.82, 2.24) is 0 Å². The van der Waals surface area contributed by atoms with Crippen molar-refractivity contribution in [2.75, 3.05) is 26.4 Å². The van der Waals surface area contributed by atoms with Gasteiger partial charge < -0.3 is 64.2 Å². The zero-order valence-electron chi connectivity index (χ0n) is 42.7. The Balaban J connectivity index is 1.81. The summed E-state index contributed by atoms with van der Waals surface area (Å²) >= 11 is 0. The van der Waals surface area contributed by atoms with E-state index in [0.717, 1.165) is 77.0 Å². The summed E-state index contributed by atoms with van der Waals surface area (Å²) in [4.78, 5) is 25.8. The van der Waals surface area contributed by atoms with Crippen LogP contribution in [-0.2, 0) is 38.0 Å². The Kier molecular flexibility index (Phi) is 37.7. The number of rotatable bonds is 41. The van der Waals surface area contributed by atoms with Crippen molar-refractivity contribution in [1.29, 1.82) is 0 Å². The molecule has 7 N–H and O–H groups in total. The van der Waals surface area contributed by atoms with Crippen LogP contribution in [0, 0.1) is 0 Å². The molecule has 0 amide bonds. The zero-order valence-corrected chi connectivity index (χ0v) is 42.7. The molecule has 2 heterocycles. The van der Waals surface area contributed by atoms with Gasteiger partial charge in [0.05, 0.1) is 19.8 Å². The molecule has 0 aromatic carbocycles. The predicted octanol–water partition coefficient (Wildman–Crippen LogP) is 8.05. The number of allylic oxidation sites excluding steroid dienone is 10. The molecule has 2 aliphatic heterocycles. The maximum atomic E-state index is 13.0. The van der Waals surface area contributed by atoms with Gasteiger partial charge in [0, 0.05) is 12.8 Å². The molecular weight excluding hydrogens is 901 g/mol. The molecule has 2 fully saturated rings. The summed E-state index contributed by atoms with van der Waals surface area (Å²) in [5.41, 5.74) is 0. The van der Waals surface area contributed by atoms with Crippen LogP contribution in [0.4, 0.5) is 0 Å². The number of aliphatic hydroxyl groups excluding tert-OH is 7. The van der Waals surface area contributed by atoms with Gasteiger partial charge in [0.1, 0.15) is 55.4 Å². The lowest BCUT2D eigenvalue weighted by molar-refractivity contribution is -0.332. The van der Waals surface area contributed by atoms with Crippen LogP contribution in [-0.4, -0.2) is 142 Å². The van der Waals surface area contributed by atoms with Gasteiger partial charge in [0.25, 0.3) is 0 Å². The lowest BCUT2D eigenvalue weighted by Crippen LogP contribution is -2.61. The maximum absolute atomic E-state index is 13.0. The third-order valence-electron chi connectivity index (χ3n) is 12.4. The van der Waals surface area contributed by atoms with Crippen LogP contribution in [0.3, 0.4) is 0 Å². The highest BCUT2D eigenvalue weighted by molar-refractivity contribution is 5.70. The zero-order chi connectivity index (χ0) is 51.0. The van der Waals surface area contributed by atoms with Crippen molar-refractivity contribution >= 4 is 11.9 Å². The monoisotopic (exact) mass is 995 g/mol. The first-order chi connectivity index (χ1) is 34.0. The Morgan fingerprint density at radius 1 is 0.457 bits per heavy atom. The highest BCUT2D eigenvalue weighted by Gasteiger charge is 2.47. The van der Waals surface area contributed by atoms with Crippen LogP contribution in [0.1, 0.15) is 181 Å². The van der Waals surface area contributed by atoms with Gasteiger partial charge in [-0.3, -0.25) is 9.59 Å². The van der Waals surface area contributed by atoms with E-state index in [9.17, 15) is 45.3 Å². The van der Waals surface area contributed by atoms with E-state index in [1.54, 1.807) is 0 Å². The van der Waals surface area contributed by atoms with E-state index in [-0.39, 0.29) is 19.4 Å². The summed E-state index contributed by atoms with van der Waals surface area (Å²) in [6.07, 6.45) is 31.0. The first-order valence-electron chi connectivity index (χ1n) is 26.9. The lowest BCUT2D eigenvalue weighted by Gasteiger charge is -2.42. The number of hydrogen-bond acceptors (Lipinski definition) is 15. The third-order valence-corrected chi connectivity index (χ3v) is 12.4. The summed E-state index contributed by atoms with van der Waals surface area (Å²) < 4.78 is 33.6. The number of hydrogen-bond donors (Lipinski definition) is 7. The predicted molar refractivity (Wildman–Crippen MR) is 270 cm³/mol. The fourth-order valence-corrected chi connectivity index (χ4v) is 8.03. The first-order valence-corrected chi connectivity index (χ1v) is 26.9. The summed E-state index contributed by atoms with van der Waals surface area (Å²) in [6.45, 7) is 2.48. The Morgan fingerprint density at radius 2 is 0.886 bits per heavy atom. The van der Waals surface area contributed by atoms with Gasteiger partial charge in [0.15, 0.2) is 18.7 Å². The third kappa shape index (κ3) is 29.0. The van der Waals surface area contributed by atoms with Gasteiger partial charge in [-0.15, -0.1) is 0 Å². The van der Waals surface area contributed by atoms with Gasteiger partial charge in [-0.1, -0.05) is 152 Å². The van der Waals surface area contributed by atoms with Gasteiger partial charge in [0.2, 0.25) is 0 Å². The molecule has 2 rings (SSSR count). The average molecular weight is 995 g/mol. The molecule has 15 nitrogen and oxygen atoms in total. The van der Waals surface area contributed by atoms with E-state index in [4.69, 9.17) is 28.4 Å². The second-order valence-electron chi connectivity index (χ2n) is 18.7. The van der Waals surface area contributed by atoms with E-state index in [2.05, 4.69) is 74.6 Å². The van der Waals surface area contributed by atoms with E-state index < -0.39 is 99.3 Å². The number of ether oxygens (including phenoxy) is 6. The van der Waals surface area contributed by atoms with E-state index in [1.165, 1.54) is 64.2 Å². The highest BCUT2D eigenvalue weighted by Crippen LogP contribution is 2.26. The second kappa shape index (κ2) is 41.6. The summed E-state index contributed by atoms with van der Waals surface area (Å²) in [7, 11) is 0. The van der Waals surface area contributed by atoms with Crippen LogP contribution >= 0.6 is 0 Å². The Hall–Kier alpha value is -2.80. The fourth-order valence-electron chi connectivity index (χ4n) is 8.03. The summed E-state index contributed by atoms with van der Waals surface area (Å²) in [5, 5.41) is 72.1. The van der Waals surface area contributed by atoms with Crippen LogP contribution in [0.25, 0.3) is 0 Å². The standard InChI is InChI=1S/C55H94O15/c1-3-5-7-9-11-13-15-17-19-21-23-25-27-29-31-33-35-37-46(57)65-40-43(68-47(58)38-36-34-32-30-28-26-24-22-20-18-16-14-12-10-8-6-4-2)41-66-54-53(64)51(62)49(60)45(70-54)42-67-55-52(63)50(61)48(59)44(39-56)69-55/h8,10,14,16-17,19-20,22,26,28,43-45,48-56,59-64H,3-7,9,11-13,15,18,21,23-25,27,29-42H2,1-2H3/b10-8+,16-14+,19-17+,22-20+,28-26+/t43-,44+,45+,48-,49-,50?,51?,52?,53?,54+,55+/m0/s1. The number of esters is 2. The van der Waals surface area contributed by atoms with Crippen LogP contribution in [0.2, 0.25) is 0 Å². The van der Waals surface area contributed by atoms with E-state index >= 15 is 0 Å². The molecule has 0 aromatic heterocycles. The molecule has 0 aliphatic carbocycles. The molecule has 0 bridgehead atoms. The minimum absolute atomic E-state index is 0.125. The molecule has 0 saturated carbocycles. The van der Waals surface area contributed by atoms with Crippen molar-refractivity contribution in [3.05, 3.63) is 60.8 Å². The number of carbonyl (C=O) groups excluding carboxylic acids is 2. The number of aliphatic hydroxyl groups is 7. The molecule has 0 radical (unpaired) electrons. The molecule has 70 heavy (non-hydrogen) atoms. The quantitative estimate of drug-likeness (QED) is 0.0175. The largest absolute Gasteiger partial charge is 0.462 e. The fraction of sp³-hybridized carbons (Fsp3) is 0.782. The molecule has 2 saturated heterocycles. The minimum Gasteiger partial charge on any atom is -0.462 e. The van der Waals surface area contributed by atoms with Crippen LogP contribution in [0.5, 0.6) is 0 Å². The van der Waals surface area contributed by atoms with Crippen molar-refractivity contribution in [3.8, 4) is 0 Å². The topological polar surface area (TPSA) is 231 Å². The van der Waals surface area contributed by atoms with Crippen LogP contribution in [0.15, 0.2) is 60.8 Å². The first kappa shape index (κ1) is 63.3.